The van der Waals surface area contributed by atoms with Gasteiger partial charge in [0.2, 0.25) is 0 Å². The van der Waals surface area contributed by atoms with Crippen LogP contribution < -0.4 is 0 Å². The summed E-state index contributed by atoms with van der Waals surface area (Å²) in [5.74, 6) is -0.477. The van der Waals surface area contributed by atoms with E-state index in [2.05, 4.69) is 27.7 Å². The molecule has 2 rings (SSSR count). The van der Waals surface area contributed by atoms with Crippen molar-refractivity contribution < 1.29 is 9.53 Å². The molecule has 1 heterocycles. The van der Waals surface area contributed by atoms with Crippen LogP contribution in [0.5, 0.6) is 0 Å². The van der Waals surface area contributed by atoms with E-state index in [-0.39, 0.29) is 5.69 Å². The number of methoxy groups -OCH3 is 1. The first-order chi connectivity index (χ1) is 8.63. The number of esters is 1. The predicted octanol–water partition coefficient (Wildman–Crippen LogP) is 2.55. The second-order valence-corrected chi connectivity index (χ2v) is 4.03. The lowest BCUT2D eigenvalue weighted by Crippen LogP contribution is -2.05. The van der Waals surface area contributed by atoms with Crippen molar-refractivity contribution in [1.29, 1.82) is 0 Å². The van der Waals surface area contributed by atoms with Crippen LogP contribution in [0.1, 0.15) is 21.6 Å². The highest BCUT2D eigenvalue weighted by atomic mass is 16.5. The Morgan fingerprint density at radius 1 is 1.17 bits per heavy atom. The molecule has 0 unspecified atom stereocenters. The van der Waals surface area contributed by atoms with Gasteiger partial charge >= 0.3 is 5.97 Å². The number of hydrogen-bond acceptors (Lipinski definition) is 4. The largest absolute Gasteiger partial charge is 0.464 e. The van der Waals surface area contributed by atoms with Crippen LogP contribution in [0.2, 0.25) is 0 Å². The number of hydrogen-bond donors (Lipinski definition) is 0. The molecule has 0 atom stereocenters. The maximum atomic E-state index is 11.3. The normalized spacial score (nSPS) is 10.2. The van der Waals surface area contributed by atoms with E-state index in [1.54, 1.807) is 6.20 Å². The van der Waals surface area contributed by atoms with Crippen LogP contribution in [0.3, 0.4) is 0 Å². The van der Waals surface area contributed by atoms with Crippen molar-refractivity contribution in [2.45, 2.75) is 13.8 Å². The zero-order valence-corrected chi connectivity index (χ0v) is 10.6. The van der Waals surface area contributed by atoms with E-state index in [0.29, 0.717) is 0 Å². The Morgan fingerprint density at radius 3 is 2.56 bits per heavy atom. The molecule has 1 aromatic carbocycles. The molecule has 2 aromatic rings. The molecule has 4 heteroatoms. The summed E-state index contributed by atoms with van der Waals surface area (Å²) in [6.07, 6.45) is 3.02. The molecule has 0 fully saturated rings. The number of rotatable bonds is 2. The van der Waals surface area contributed by atoms with Crippen LogP contribution in [0.4, 0.5) is 0 Å². The number of carbonyl (C=O) groups is 1. The average Bonchev–Trinajstić information content (AvgIpc) is 2.41. The van der Waals surface area contributed by atoms with E-state index in [1.165, 1.54) is 18.9 Å². The van der Waals surface area contributed by atoms with Gasteiger partial charge < -0.3 is 4.74 Å². The molecular formula is C14H14N2O2. The van der Waals surface area contributed by atoms with Crippen LogP contribution in [0.15, 0.2) is 30.6 Å². The van der Waals surface area contributed by atoms with Gasteiger partial charge in [-0.1, -0.05) is 18.2 Å². The summed E-state index contributed by atoms with van der Waals surface area (Å²) < 4.78 is 4.58. The summed E-state index contributed by atoms with van der Waals surface area (Å²) in [6.45, 7) is 4.09. The second kappa shape index (κ2) is 4.96. The van der Waals surface area contributed by atoms with Gasteiger partial charge in [0.15, 0.2) is 5.69 Å². The third kappa shape index (κ3) is 2.22. The summed E-state index contributed by atoms with van der Waals surface area (Å²) in [6, 6.07) is 6.02. The van der Waals surface area contributed by atoms with E-state index in [9.17, 15) is 4.79 Å². The van der Waals surface area contributed by atoms with Crippen molar-refractivity contribution in [2.24, 2.45) is 0 Å². The van der Waals surface area contributed by atoms with E-state index in [0.717, 1.165) is 16.8 Å². The third-order valence-electron chi connectivity index (χ3n) is 2.93. The molecule has 92 valence electrons. The van der Waals surface area contributed by atoms with E-state index in [4.69, 9.17) is 0 Å². The molecule has 0 N–H and O–H groups in total. The molecule has 0 aliphatic heterocycles. The smallest absolute Gasteiger partial charge is 0.358 e. The molecule has 4 nitrogen and oxygen atoms in total. The lowest BCUT2D eigenvalue weighted by molar-refractivity contribution is 0.0593. The topological polar surface area (TPSA) is 52.1 Å². The Labute approximate surface area is 106 Å². The van der Waals surface area contributed by atoms with Gasteiger partial charge in [0, 0.05) is 5.56 Å². The fourth-order valence-corrected chi connectivity index (χ4v) is 1.71. The summed E-state index contributed by atoms with van der Waals surface area (Å²) in [4.78, 5) is 19.6. The molecule has 0 radical (unpaired) electrons. The minimum Gasteiger partial charge on any atom is -0.464 e. The van der Waals surface area contributed by atoms with Gasteiger partial charge in [-0.25, -0.2) is 9.78 Å². The highest BCUT2D eigenvalue weighted by Gasteiger charge is 2.09. The van der Waals surface area contributed by atoms with Crippen molar-refractivity contribution in [2.75, 3.05) is 7.11 Å². The maximum Gasteiger partial charge on any atom is 0.358 e. The minimum absolute atomic E-state index is 0.214. The quantitative estimate of drug-likeness (QED) is 0.759. The number of carbonyl (C=O) groups excluding carboxylic acids is 1. The molecule has 1 aromatic heterocycles. The number of aromatic nitrogens is 2. The number of nitrogens with zero attached hydrogens (tertiary/aromatic N) is 2. The highest BCUT2D eigenvalue weighted by molar-refractivity contribution is 5.86. The first kappa shape index (κ1) is 12.2. The average molecular weight is 242 g/mol. The molecule has 0 spiro atoms. The second-order valence-electron chi connectivity index (χ2n) is 4.03. The lowest BCUT2D eigenvalue weighted by atomic mass is 10.0. The SMILES string of the molecule is COC(=O)c1cnc(-c2cccc(C)c2C)cn1. The monoisotopic (exact) mass is 242 g/mol. The van der Waals surface area contributed by atoms with Crippen molar-refractivity contribution in [1.82, 2.24) is 9.97 Å². The zero-order chi connectivity index (χ0) is 13.1. The molecule has 0 aliphatic rings. The van der Waals surface area contributed by atoms with Gasteiger partial charge in [-0.15, -0.1) is 0 Å². The van der Waals surface area contributed by atoms with E-state index < -0.39 is 5.97 Å². The fraction of sp³-hybridized carbons (Fsp3) is 0.214. The molecule has 0 saturated carbocycles. The van der Waals surface area contributed by atoms with Crippen molar-refractivity contribution in [3.05, 3.63) is 47.4 Å². The standard InChI is InChI=1S/C14H14N2O2/c1-9-5-4-6-11(10(9)2)12-7-16-13(8-15-12)14(17)18-3/h4-8H,1-3H3. The van der Waals surface area contributed by atoms with E-state index >= 15 is 0 Å². The molecule has 0 amide bonds. The zero-order valence-electron chi connectivity index (χ0n) is 10.6. The number of ether oxygens (including phenoxy) is 1. The maximum absolute atomic E-state index is 11.3. The first-order valence-corrected chi connectivity index (χ1v) is 5.60. The van der Waals surface area contributed by atoms with Crippen LogP contribution in [0, 0.1) is 13.8 Å². The van der Waals surface area contributed by atoms with Crippen molar-refractivity contribution in [3.8, 4) is 11.3 Å². The van der Waals surface area contributed by atoms with E-state index in [1.807, 2.05) is 19.1 Å². The summed E-state index contributed by atoms with van der Waals surface area (Å²) in [5.41, 5.74) is 4.36. The Balaban J connectivity index is 2.40. The van der Waals surface area contributed by atoms with Crippen molar-refractivity contribution >= 4 is 5.97 Å². The molecule has 0 bridgehead atoms. The number of benzene rings is 1. The van der Waals surface area contributed by atoms with Crippen molar-refractivity contribution in [3.63, 3.8) is 0 Å². The Hall–Kier alpha value is -2.23. The molecule has 0 saturated heterocycles. The molecular weight excluding hydrogens is 228 g/mol. The third-order valence-corrected chi connectivity index (χ3v) is 2.93. The minimum atomic E-state index is -0.477. The van der Waals surface area contributed by atoms with Crippen LogP contribution in [-0.4, -0.2) is 23.0 Å². The van der Waals surface area contributed by atoms with Gasteiger partial charge in [-0.3, -0.25) is 4.98 Å². The van der Waals surface area contributed by atoms with Crippen LogP contribution in [-0.2, 0) is 4.74 Å². The Morgan fingerprint density at radius 2 is 1.94 bits per heavy atom. The van der Waals surface area contributed by atoms with Gasteiger partial charge in [0.1, 0.15) is 0 Å². The summed E-state index contributed by atoms with van der Waals surface area (Å²) >= 11 is 0. The fourth-order valence-electron chi connectivity index (χ4n) is 1.71. The highest BCUT2D eigenvalue weighted by Crippen LogP contribution is 2.22. The van der Waals surface area contributed by atoms with Gasteiger partial charge in [0.05, 0.1) is 25.2 Å². The molecule has 0 aliphatic carbocycles. The summed E-state index contributed by atoms with van der Waals surface area (Å²) in [7, 11) is 1.32. The van der Waals surface area contributed by atoms with Crippen LogP contribution in [0.25, 0.3) is 11.3 Å². The number of aryl methyl sites for hydroxylation is 1. The predicted molar refractivity (Wildman–Crippen MR) is 68.3 cm³/mol. The lowest BCUT2D eigenvalue weighted by Gasteiger charge is -2.07. The van der Waals surface area contributed by atoms with Gasteiger partial charge in [-0.05, 0) is 25.0 Å². The Kier molecular flexibility index (Phi) is 3.37. The van der Waals surface area contributed by atoms with Gasteiger partial charge in [0.25, 0.3) is 0 Å². The first-order valence-electron chi connectivity index (χ1n) is 5.60. The van der Waals surface area contributed by atoms with Gasteiger partial charge in [-0.2, -0.15) is 0 Å². The Bertz CT molecular complexity index is 577. The van der Waals surface area contributed by atoms with Crippen LogP contribution >= 0.6 is 0 Å². The molecule has 18 heavy (non-hydrogen) atoms. The summed E-state index contributed by atoms with van der Waals surface area (Å²) in [5, 5.41) is 0.